The van der Waals surface area contributed by atoms with Crippen molar-refractivity contribution in [1.82, 2.24) is 14.5 Å². The van der Waals surface area contributed by atoms with E-state index in [1.165, 1.54) is 10.8 Å². The van der Waals surface area contributed by atoms with Gasteiger partial charge in [0.1, 0.15) is 11.2 Å². The Labute approximate surface area is 207 Å². The minimum absolute atomic E-state index is 0.227. The molecule has 0 atom stereocenters. The first-order chi connectivity index (χ1) is 16.1. The summed E-state index contributed by atoms with van der Waals surface area (Å²) in [4.78, 5) is 21.2. The first kappa shape index (κ1) is 24.2. The Morgan fingerprint density at radius 1 is 1.03 bits per heavy atom. The maximum absolute atomic E-state index is 14.9. The molecule has 0 bridgehead atoms. The average molecular weight is 500 g/mol. The summed E-state index contributed by atoms with van der Waals surface area (Å²) in [5.41, 5.74) is 2.62. The van der Waals surface area contributed by atoms with Crippen molar-refractivity contribution in [1.29, 1.82) is 0 Å². The van der Waals surface area contributed by atoms with Crippen molar-refractivity contribution < 1.29 is 13.9 Å². The SMILES string of the molecule is CC(C)(C)OC(=O)n1cc(Cc2ccc(CCc3ccc(Cl)cc3)nc2F)c2cc(Cl)cnc21. The molecular formula is C26H24Cl2FN3O2. The monoisotopic (exact) mass is 499 g/mol. The Balaban J connectivity index is 1.57. The second-order valence-corrected chi connectivity index (χ2v) is 9.96. The van der Waals surface area contributed by atoms with Crippen LogP contribution in [0.15, 0.2) is 54.9 Å². The highest BCUT2D eigenvalue weighted by Gasteiger charge is 2.22. The van der Waals surface area contributed by atoms with Crippen LogP contribution in [0.5, 0.6) is 0 Å². The molecule has 8 heteroatoms. The third-order valence-corrected chi connectivity index (χ3v) is 5.69. The van der Waals surface area contributed by atoms with Crippen molar-refractivity contribution in [3.05, 3.63) is 93.2 Å². The lowest BCUT2D eigenvalue weighted by Gasteiger charge is -2.19. The molecule has 3 aromatic heterocycles. The highest BCUT2D eigenvalue weighted by atomic mass is 35.5. The minimum atomic E-state index is -0.669. The highest BCUT2D eigenvalue weighted by Crippen LogP contribution is 2.27. The topological polar surface area (TPSA) is 57.0 Å². The lowest BCUT2D eigenvalue weighted by Crippen LogP contribution is -2.26. The molecular weight excluding hydrogens is 476 g/mol. The zero-order valence-corrected chi connectivity index (χ0v) is 20.6. The number of pyridine rings is 2. The lowest BCUT2D eigenvalue weighted by atomic mass is 10.0. The van der Waals surface area contributed by atoms with E-state index in [9.17, 15) is 9.18 Å². The predicted molar refractivity (Wildman–Crippen MR) is 132 cm³/mol. The third-order valence-electron chi connectivity index (χ3n) is 5.23. The largest absolute Gasteiger partial charge is 0.443 e. The number of carbonyl (C=O) groups excluding carboxylic acids is 1. The van der Waals surface area contributed by atoms with Crippen LogP contribution in [0.3, 0.4) is 0 Å². The second kappa shape index (κ2) is 9.72. The van der Waals surface area contributed by atoms with Gasteiger partial charge in [0, 0.05) is 40.5 Å². The van der Waals surface area contributed by atoms with Gasteiger partial charge >= 0.3 is 6.09 Å². The van der Waals surface area contributed by atoms with Crippen LogP contribution >= 0.6 is 23.2 Å². The lowest BCUT2D eigenvalue weighted by molar-refractivity contribution is 0.0543. The van der Waals surface area contributed by atoms with Gasteiger partial charge in [-0.05, 0) is 69.0 Å². The highest BCUT2D eigenvalue weighted by molar-refractivity contribution is 6.31. The van der Waals surface area contributed by atoms with Gasteiger partial charge in [0.25, 0.3) is 0 Å². The summed E-state index contributed by atoms with van der Waals surface area (Å²) in [6, 6.07) is 12.8. The molecule has 1 aromatic carbocycles. The molecule has 34 heavy (non-hydrogen) atoms. The summed E-state index contributed by atoms with van der Waals surface area (Å²) in [5, 5.41) is 1.76. The first-order valence-corrected chi connectivity index (χ1v) is 11.6. The van der Waals surface area contributed by atoms with E-state index in [1.54, 1.807) is 39.1 Å². The number of ether oxygens (including phenoxy) is 1. The molecule has 0 amide bonds. The van der Waals surface area contributed by atoms with Crippen molar-refractivity contribution in [3.8, 4) is 0 Å². The summed E-state index contributed by atoms with van der Waals surface area (Å²) >= 11 is 12.1. The maximum atomic E-state index is 14.9. The van der Waals surface area contributed by atoms with Gasteiger partial charge in [0.15, 0.2) is 0 Å². The van der Waals surface area contributed by atoms with Crippen LogP contribution in [0.1, 0.15) is 43.2 Å². The van der Waals surface area contributed by atoms with Gasteiger partial charge in [0.05, 0.1) is 5.02 Å². The summed E-state index contributed by atoms with van der Waals surface area (Å²) in [6.07, 6.45) is 4.09. The molecule has 0 unspecified atom stereocenters. The fraction of sp³-hybridized carbons (Fsp3) is 0.269. The molecule has 3 heterocycles. The van der Waals surface area contributed by atoms with Gasteiger partial charge < -0.3 is 4.74 Å². The van der Waals surface area contributed by atoms with Crippen molar-refractivity contribution >= 4 is 40.3 Å². The Kier molecular flexibility index (Phi) is 6.91. The summed E-state index contributed by atoms with van der Waals surface area (Å²) < 4.78 is 21.7. The minimum Gasteiger partial charge on any atom is -0.443 e. The average Bonchev–Trinajstić information content (AvgIpc) is 3.11. The molecule has 0 spiro atoms. The number of aromatic nitrogens is 3. The van der Waals surface area contributed by atoms with E-state index in [0.717, 1.165) is 12.0 Å². The fourth-order valence-electron chi connectivity index (χ4n) is 3.64. The standard InChI is InChI=1S/C26H24Cl2FN3O2/c1-26(2,3)34-25(33)32-15-18(22-13-20(28)14-30-24(22)32)12-17-7-11-21(31-23(17)29)10-6-16-4-8-19(27)9-5-16/h4-5,7-9,11,13-15H,6,10,12H2,1-3H3. The van der Waals surface area contributed by atoms with Crippen LogP contribution < -0.4 is 0 Å². The van der Waals surface area contributed by atoms with Crippen LogP contribution in [0.2, 0.25) is 10.0 Å². The maximum Gasteiger partial charge on any atom is 0.420 e. The van der Waals surface area contributed by atoms with E-state index in [4.69, 9.17) is 27.9 Å². The Morgan fingerprint density at radius 2 is 1.76 bits per heavy atom. The van der Waals surface area contributed by atoms with E-state index in [0.29, 0.717) is 44.3 Å². The number of rotatable bonds is 5. The van der Waals surface area contributed by atoms with E-state index >= 15 is 0 Å². The summed E-state index contributed by atoms with van der Waals surface area (Å²) in [5.74, 6) is -0.540. The van der Waals surface area contributed by atoms with Gasteiger partial charge in [0.2, 0.25) is 5.95 Å². The number of hydrogen-bond donors (Lipinski definition) is 0. The van der Waals surface area contributed by atoms with Crippen LogP contribution in [-0.4, -0.2) is 26.2 Å². The van der Waals surface area contributed by atoms with Crippen molar-refractivity contribution in [2.45, 2.75) is 45.6 Å². The molecule has 0 radical (unpaired) electrons. The smallest absolute Gasteiger partial charge is 0.420 e. The van der Waals surface area contributed by atoms with E-state index < -0.39 is 17.6 Å². The van der Waals surface area contributed by atoms with Crippen molar-refractivity contribution in [2.24, 2.45) is 0 Å². The van der Waals surface area contributed by atoms with Crippen LogP contribution in [-0.2, 0) is 24.0 Å². The van der Waals surface area contributed by atoms with Gasteiger partial charge in [-0.1, -0.05) is 41.4 Å². The van der Waals surface area contributed by atoms with Gasteiger partial charge in [-0.25, -0.2) is 19.3 Å². The zero-order chi connectivity index (χ0) is 24.5. The number of fused-ring (bicyclic) bond motifs is 1. The molecule has 5 nitrogen and oxygen atoms in total. The van der Waals surface area contributed by atoms with Crippen LogP contribution in [0, 0.1) is 5.95 Å². The van der Waals surface area contributed by atoms with E-state index in [1.807, 2.05) is 30.3 Å². The number of hydrogen-bond acceptors (Lipinski definition) is 4. The van der Waals surface area contributed by atoms with Gasteiger partial charge in [-0.2, -0.15) is 4.39 Å². The quantitative estimate of drug-likeness (QED) is 0.276. The van der Waals surface area contributed by atoms with Crippen molar-refractivity contribution in [2.75, 3.05) is 0 Å². The molecule has 0 fully saturated rings. The van der Waals surface area contributed by atoms with Gasteiger partial charge in [-0.3, -0.25) is 0 Å². The Morgan fingerprint density at radius 3 is 2.44 bits per heavy atom. The van der Waals surface area contributed by atoms with Crippen LogP contribution in [0.25, 0.3) is 11.0 Å². The Hall–Kier alpha value is -2.96. The molecule has 0 aliphatic rings. The number of aryl methyl sites for hydroxylation is 2. The number of nitrogens with zero attached hydrogens (tertiary/aromatic N) is 3. The second-order valence-electron chi connectivity index (χ2n) is 9.09. The van der Waals surface area contributed by atoms with Crippen molar-refractivity contribution in [3.63, 3.8) is 0 Å². The predicted octanol–water partition coefficient (Wildman–Crippen LogP) is 7.04. The number of halogens is 3. The van der Waals surface area contributed by atoms with Crippen LogP contribution in [0.4, 0.5) is 9.18 Å². The Bertz CT molecular complexity index is 1340. The number of benzene rings is 1. The molecule has 0 saturated heterocycles. The zero-order valence-electron chi connectivity index (χ0n) is 19.1. The molecule has 0 aliphatic carbocycles. The number of carbonyl (C=O) groups is 1. The molecule has 0 N–H and O–H groups in total. The first-order valence-electron chi connectivity index (χ1n) is 10.9. The molecule has 0 aliphatic heterocycles. The fourth-order valence-corrected chi connectivity index (χ4v) is 3.92. The molecule has 0 saturated carbocycles. The molecule has 4 rings (SSSR count). The van der Waals surface area contributed by atoms with Gasteiger partial charge in [-0.15, -0.1) is 0 Å². The third kappa shape index (κ3) is 5.75. The summed E-state index contributed by atoms with van der Waals surface area (Å²) in [7, 11) is 0. The molecule has 176 valence electrons. The van der Waals surface area contributed by atoms with E-state index in [2.05, 4.69) is 9.97 Å². The normalized spacial score (nSPS) is 11.7. The summed E-state index contributed by atoms with van der Waals surface area (Å²) in [6.45, 7) is 5.37. The molecule has 4 aromatic rings. The van der Waals surface area contributed by atoms with E-state index in [-0.39, 0.29) is 6.42 Å².